The van der Waals surface area contributed by atoms with Gasteiger partial charge in [-0.15, -0.1) is 0 Å². The molecule has 32 heavy (non-hydrogen) atoms. The van der Waals surface area contributed by atoms with Crippen molar-refractivity contribution in [2.45, 2.75) is 13.5 Å². The molecule has 0 saturated heterocycles. The molecule has 0 aliphatic rings. The van der Waals surface area contributed by atoms with Crippen LogP contribution in [0.2, 0.25) is 5.02 Å². The van der Waals surface area contributed by atoms with Crippen LogP contribution in [-0.2, 0) is 11.4 Å². The fraction of sp³-hybridized carbons (Fsp3) is 0.0800. The first-order valence-electron chi connectivity index (χ1n) is 9.51. The Morgan fingerprint density at radius 2 is 1.94 bits per heavy atom. The molecule has 0 aliphatic carbocycles. The molecule has 0 bridgehead atoms. The predicted octanol–water partition coefficient (Wildman–Crippen LogP) is 6.41. The van der Waals surface area contributed by atoms with E-state index in [2.05, 4.69) is 27.3 Å². The number of aryl methyl sites for hydroxylation is 1. The van der Waals surface area contributed by atoms with Crippen LogP contribution in [0.15, 0.2) is 70.7 Å². The van der Waals surface area contributed by atoms with Gasteiger partial charge in [0.2, 0.25) is 0 Å². The van der Waals surface area contributed by atoms with Crippen LogP contribution >= 0.6 is 27.5 Å². The Labute approximate surface area is 199 Å². The summed E-state index contributed by atoms with van der Waals surface area (Å²) in [6.45, 7) is 2.00. The number of amides is 1. The highest BCUT2D eigenvalue weighted by atomic mass is 79.9. The summed E-state index contributed by atoms with van der Waals surface area (Å²) in [5, 5.41) is 22.1. The minimum atomic E-state index is -0.557. The maximum Gasteiger partial charge on any atom is 0.266 e. The summed E-state index contributed by atoms with van der Waals surface area (Å²) in [5.41, 5.74) is 3.07. The average Bonchev–Trinajstić information content (AvgIpc) is 2.79. The van der Waals surface area contributed by atoms with Gasteiger partial charge in [-0.2, -0.15) is 10.5 Å². The van der Waals surface area contributed by atoms with Crippen molar-refractivity contribution in [3.8, 4) is 17.9 Å². The second-order valence-corrected chi connectivity index (χ2v) is 8.18. The van der Waals surface area contributed by atoms with Gasteiger partial charge in [-0.05, 0) is 55.0 Å². The Hall–Kier alpha value is -3.58. The van der Waals surface area contributed by atoms with Gasteiger partial charge in [-0.25, -0.2) is 0 Å². The lowest BCUT2D eigenvalue weighted by atomic mass is 10.1. The number of hydrogen-bond acceptors (Lipinski definition) is 4. The lowest BCUT2D eigenvalue weighted by Gasteiger charge is -2.12. The van der Waals surface area contributed by atoms with E-state index >= 15 is 0 Å². The van der Waals surface area contributed by atoms with E-state index in [1.165, 1.54) is 6.08 Å². The van der Waals surface area contributed by atoms with Crippen LogP contribution in [0.5, 0.6) is 5.75 Å². The standard InChI is InChI=1S/C25H17BrClN3O2/c1-16-6-8-22(27)12-23(16)30-25(31)20(14-29)10-19-11-21(26)7-9-24(19)32-15-18-5-3-2-4-17(18)13-28/h2-12H,15H2,1H3,(H,30,31)/b20-10+. The highest BCUT2D eigenvalue weighted by Gasteiger charge is 2.14. The van der Waals surface area contributed by atoms with Gasteiger partial charge in [-0.3, -0.25) is 4.79 Å². The fourth-order valence-electron chi connectivity index (χ4n) is 2.90. The Morgan fingerprint density at radius 1 is 1.16 bits per heavy atom. The molecule has 0 aliphatic heterocycles. The van der Waals surface area contributed by atoms with E-state index in [9.17, 15) is 15.3 Å². The lowest BCUT2D eigenvalue weighted by Crippen LogP contribution is -2.14. The molecular formula is C25H17BrClN3O2. The average molecular weight is 507 g/mol. The molecule has 0 heterocycles. The SMILES string of the molecule is Cc1ccc(Cl)cc1NC(=O)/C(C#N)=C/c1cc(Br)ccc1OCc1ccccc1C#N. The minimum Gasteiger partial charge on any atom is -0.488 e. The van der Waals surface area contributed by atoms with Crippen LogP contribution in [0.1, 0.15) is 22.3 Å². The molecule has 158 valence electrons. The van der Waals surface area contributed by atoms with Crippen LogP contribution < -0.4 is 10.1 Å². The molecule has 0 fully saturated rings. The van der Waals surface area contributed by atoms with Gasteiger partial charge < -0.3 is 10.1 Å². The molecule has 3 rings (SSSR count). The van der Waals surface area contributed by atoms with Gasteiger partial charge in [0.05, 0.1) is 11.6 Å². The van der Waals surface area contributed by atoms with Crippen molar-refractivity contribution in [1.82, 2.24) is 0 Å². The molecule has 1 amide bonds. The summed E-state index contributed by atoms with van der Waals surface area (Å²) in [6, 6.07) is 21.7. The van der Waals surface area contributed by atoms with E-state index < -0.39 is 5.91 Å². The van der Waals surface area contributed by atoms with E-state index in [1.807, 2.05) is 25.1 Å². The van der Waals surface area contributed by atoms with Gasteiger partial charge in [0, 0.05) is 26.3 Å². The number of carbonyl (C=O) groups excluding carboxylic acids is 1. The predicted molar refractivity (Wildman–Crippen MR) is 128 cm³/mol. The second kappa shape index (κ2) is 10.6. The zero-order valence-corrected chi connectivity index (χ0v) is 19.4. The first-order valence-corrected chi connectivity index (χ1v) is 10.7. The zero-order valence-electron chi connectivity index (χ0n) is 17.0. The quantitative estimate of drug-likeness (QED) is 0.309. The highest BCUT2D eigenvalue weighted by Crippen LogP contribution is 2.27. The molecule has 7 heteroatoms. The number of anilines is 1. The topological polar surface area (TPSA) is 85.9 Å². The Morgan fingerprint density at radius 3 is 2.69 bits per heavy atom. The fourth-order valence-corrected chi connectivity index (χ4v) is 3.45. The van der Waals surface area contributed by atoms with Gasteiger partial charge in [-0.1, -0.05) is 51.8 Å². The Bertz CT molecular complexity index is 1290. The first-order chi connectivity index (χ1) is 15.4. The molecule has 0 atom stereocenters. The molecule has 3 aromatic rings. The minimum absolute atomic E-state index is 0.0928. The number of benzene rings is 3. The highest BCUT2D eigenvalue weighted by molar-refractivity contribution is 9.10. The Balaban J connectivity index is 1.88. The van der Waals surface area contributed by atoms with E-state index in [0.29, 0.717) is 27.6 Å². The largest absolute Gasteiger partial charge is 0.488 e. The number of nitrogens with one attached hydrogen (secondary N) is 1. The van der Waals surface area contributed by atoms with E-state index in [-0.39, 0.29) is 12.2 Å². The normalized spacial score (nSPS) is 10.7. The van der Waals surface area contributed by atoms with E-state index in [4.69, 9.17) is 16.3 Å². The van der Waals surface area contributed by atoms with Crippen molar-refractivity contribution >= 4 is 45.2 Å². The monoisotopic (exact) mass is 505 g/mol. The van der Waals surface area contributed by atoms with Gasteiger partial charge in [0.1, 0.15) is 24.0 Å². The number of nitriles is 2. The van der Waals surface area contributed by atoms with Gasteiger partial charge in [0.15, 0.2) is 0 Å². The number of carbonyl (C=O) groups is 1. The maximum atomic E-state index is 12.7. The van der Waals surface area contributed by atoms with Crippen molar-refractivity contribution in [2.75, 3.05) is 5.32 Å². The summed E-state index contributed by atoms with van der Waals surface area (Å²) < 4.78 is 6.68. The van der Waals surface area contributed by atoms with Crippen LogP contribution in [0.3, 0.4) is 0 Å². The molecule has 1 N–H and O–H groups in total. The summed E-state index contributed by atoms with van der Waals surface area (Å²) >= 11 is 9.43. The van der Waals surface area contributed by atoms with Crippen molar-refractivity contribution in [3.05, 3.63) is 98.0 Å². The third-order valence-corrected chi connectivity index (χ3v) is 5.33. The molecule has 3 aromatic carbocycles. The number of hydrogen-bond donors (Lipinski definition) is 1. The van der Waals surface area contributed by atoms with E-state index in [1.54, 1.807) is 48.5 Å². The lowest BCUT2D eigenvalue weighted by molar-refractivity contribution is -0.112. The summed E-state index contributed by atoms with van der Waals surface area (Å²) in [6.07, 6.45) is 1.46. The number of ether oxygens (including phenoxy) is 1. The van der Waals surface area contributed by atoms with Gasteiger partial charge >= 0.3 is 0 Å². The third-order valence-electron chi connectivity index (χ3n) is 4.61. The number of rotatable bonds is 6. The van der Waals surface area contributed by atoms with Crippen LogP contribution in [0, 0.1) is 29.6 Å². The van der Waals surface area contributed by atoms with Crippen molar-refractivity contribution < 1.29 is 9.53 Å². The molecule has 0 saturated carbocycles. The number of halogens is 2. The summed E-state index contributed by atoms with van der Waals surface area (Å²) in [4.78, 5) is 12.7. The van der Waals surface area contributed by atoms with Crippen LogP contribution in [0.25, 0.3) is 6.08 Å². The van der Waals surface area contributed by atoms with Crippen molar-refractivity contribution in [1.29, 1.82) is 10.5 Å². The molecule has 0 unspecified atom stereocenters. The van der Waals surface area contributed by atoms with E-state index in [0.717, 1.165) is 15.6 Å². The van der Waals surface area contributed by atoms with Crippen LogP contribution in [0.4, 0.5) is 5.69 Å². The first kappa shape index (κ1) is 23.1. The van der Waals surface area contributed by atoms with Crippen molar-refractivity contribution in [3.63, 3.8) is 0 Å². The second-order valence-electron chi connectivity index (χ2n) is 6.82. The molecule has 0 spiro atoms. The zero-order chi connectivity index (χ0) is 23.1. The smallest absolute Gasteiger partial charge is 0.266 e. The molecule has 5 nitrogen and oxygen atoms in total. The molecule has 0 aromatic heterocycles. The maximum absolute atomic E-state index is 12.7. The number of nitrogens with zero attached hydrogens (tertiary/aromatic N) is 2. The summed E-state index contributed by atoms with van der Waals surface area (Å²) in [7, 11) is 0. The van der Waals surface area contributed by atoms with Crippen molar-refractivity contribution in [2.24, 2.45) is 0 Å². The third kappa shape index (κ3) is 5.76. The molecule has 0 radical (unpaired) electrons. The Kier molecular flexibility index (Phi) is 7.68. The van der Waals surface area contributed by atoms with Crippen LogP contribution in [-0.4, -0.2) is 5.91 Å². The molecular weight excluding hydrogens is 490 g/mol. The van der Waals surface area contributed by atoms with Gasteiger partial charge in [0.25, 0.3) is 5.91 Å². The summed E-state index contributed by atoms with van der Waals surface area (Å²) in [5.74, 6) is -0.0842.